The fourth-order valence-corrected chi connectivity index (χ4v) is 1.63. The first kappa shape index (κ1) is 7.95. The van der Waals surface area contributed by atoms with Crippen LogP contribution in [-0.4, -0.2) is 10.1 Å². The number of rotatable bonds is 0. The number of halogens is 1. The zero-order valence-electron chi connectivity index (χ0n) is 6.58. The number of nitrogens with zero attached hydrogens (tertiary/aromatic N) is 1. The summed E-state index contributed by atoms with van der Waals surface area (Å²) in [6.45, 7) is 1.73. The van der Waals surface area contributed by atoms with Gasteiger partial charge in [-0.3, -0.25) is 0 Å². The molecule has 62 valence electrons. The van der Waals surface area contributed by atoms with Crippen molar-refractivity contribution in [2.45, 2.75) is 12.5 Å². The zero-order chi connectivity index (χ0) is 8.77. The number of hydrogen-bond donors (Lipinski definition) is 1. The molecule has 1 atom stereocenters. The highest BCUT2D eigenvalue weighted by Crippen LogP contribution is 2.32. The van der Waals surface area contributed by atoms with Crippen molar-refractivity contribution >= 4 is 22.0 Å². The molecule has 0 amide bonds. The molecule has 2 nitrogen and oxygen atoms in total. The van der Waals surface area contributed by atoms with E-state index in [0.717, 1.165) is 15.9 Å². The van der Waals surface area contributed by atoms with Gasteiger partial charge in [0.05, 0.1) is 5.69 Å². The second-order valence-electron chi connectivity index (χ2n) is 3.05. The molecule has 2 rings (SSSR count). The van der Waals surface area contributed by atoms with Gasteiger partial charge in [-0.05, 0) is 40.6 Å². The Morgan fingerprint density at radius 2 is 2.25 bits per heavy atom. The molecule has 0 fully saturated rings. The topological polar surface area (TPSA) is 33.1 Å². The molecule has 0 saturated carbocycles. The van der Waals surface area contributed by atoms with Crippen LogP contribution >= 0.6 is 15.9 Å². The molecule has 0 spiro atoms. The van der Waals surface area contributed by atoms with Gasteiger partial charge >= 0.3 is 0 Å². The van der Waals surface area contributed by atoms with E-state index >= 15 is 0 Å². The van der Waals surface area contributed by atoms with E-state index in [-0.39, 0.29) is 0 Å². The van der Waals surface area contributed by atoms with E-state index in [1.807, 2.05) is 18.2 Å². The summed E-state index contributed by atoms with van der Waals surface area (Å²) in [5.74, 6) is 0. The Morgan fingerprint density at radius 1 is 1.50 bits per heavy atom. The van der Waals surface area contributed by atoms with E-state index in [0.29, 0.717) is 0 Å². The second-order valence-corrected chi connectivity index (χ2v) is 3.87. The SMILES string of the molecule is CC1(O)C=Cc2ccc(Br)nc21. The molecular formula is C9H8BrNO. The Bertz CT molecular complexity index is 358. The maximum absolute atomic E-state index is 9.80. The molecule has 0 aliphatic heterocycles. The number of aromatic nitrogens is 1. The molecular weight excluding hydrogens is 218 g/mol. The predicted octanol–water partition coefficient (Wildman–Crippen LogP) is 2.08. The Balaban J connectivity index is 2.63. The van der Waals surface area contributed by atoms with Gasteiger partial charge in [-0.25, -0.2) is 4.98 Å². The van der Waals surface area contributed by atoms with Crippen molar-refractivity contribution in [1.82, 2.24) is 4.98 Å². The largest absolute Gasteiger partial charge is 0.380 e. The van der Waals surface area contributed by atoms with Gasteiger partial charge in [0.15, 0.2) is 0 Å². The van der Waals surface area contributed by atoms with Crippen LogP contribution < -0.4 is 0 Å². The second kappa shape index (κ2) is 2.41. The maximum atomic E-state index is 9.80. The molecule has 0 saturated heterocycles. The smallest absolute Gasteiger partial charge is 0.123 e. The highest BCUT2D eigenvalue weighted by molar-refractivity contribution is 9.10. The minimum Gasteiger partial charge on any atom is -0.380 e. The number of pyridine rings is 1. The third-order valence-corrected chi connectivity index (χ3v) is 2.40. The molecule has 1 unspecified atom stereocenters. The van der Waals surface area contributed by atoms with Crippen molar-refractivity contribution in [3.05, 3.63) is 34.1 Å². The molecule has 0 radical (unpaired) electrons. The van der Waals surface area contributed by atoms with E-state index < -0.39 is 5.60 Å². The number of hydrogen-bond acceptors (Lipinski definition) is 2. The van der Waals surface area contributed by atoms with Gasteiger partial charge in [0.2, 0.25) is 0 Å². The average Bonchev–Trinajstić information content (AvgIpc) is 2.28. The molecule has 1 aromatic heterocycles. The summed E-state index contributed by atoms with van der Waals surface area (Å²) in [5, 5.41) is 9.80. The molecule has 1 N–H and O–H groups in total. The van der Waals surface area contributed by atoms with Gasteiger partial charge in [0.25, 0.3) is 0 Å². The Labute approximate surface area is 79.1 Å². The minimum absolute atomic E-state index is 0.719. The zero-order valence-corrected chi connectivity index (χ0v) is 8.17. The summed E-state index contributed by atoms with van der Waals surface area (Å²) >= 11 is 3.27. The molecule has 0 aromatic carbocycles. The van der Waals surface area contributed by atoms with Crippen molar-refractivity contribution < 1.29 is 5.11 Å². The van der Waals surface area contributed by atoms with E-state index in [1.54, 1.807) is 13.0 Å². The van der Waals surface area contributed by atoms with E-state index in [2.05, 4.69) is 20.9 Å². The fourth-order valence-electron chi connectivity index (χ4n) is 1.32. The first-order chi connectivity index (χ1) is 5.59. The van der Waals surface area contributed by atoms with Crippen LogP contribution in [0.2, 0.25) is 0 Å². The van der Waals surface area contributed by atoms with Gasteiger partial charge in [0, 0.05) is 0 Å². The lowest BCUT2D eigenvalue weighted by atomic mass is 10.1. The molecule has 0 bridgehead atoms. The predicted molar refractivity (Wildman–Crippen MR) is 50.5 cm³/mol. The van der Waals surface area contributed by atoms with Crippen LogP contribution in [0.4, 0.5) is 0 Å². The quantitative estimate of drug-likeness (QED) is 0.687. The third kappa shape index (κ3) is 1.09. The van der Waals surface area contributed by atoms with Crippen LogP contribution in [0.5, 0.6) is 0 Å². The summed E-state index contributed by atoms with van der Waals surface area (Å²) in [6.07, 6.45) is 3.63. The third-order valence-electron chi connectivity index (χ3n) is 1.96. The van der Waals surface area contributed by atoms with Crippen LogP contribution in [0.3, 0.4) is 0 Å². The Kier molecular flexibility index (Phi) is 1.59. The molecule has 1 heterocycles. The van der Waals surface area contributed by atoms with Crippen molar-refractivity contribution in [2.75, 3.05) is 0 Å². The van der Waals surface area contributed by atoms with Gasteiger partial charge in [-0.1, -0.05) is 12.1 Å². The monoisotopic (exact) mass is 225 g/mol. The first-order valence-corrected chi connectivity index (χ1v) is 4.47. The van der Waals surface area contributed by atoms with Gasteiger partial charge in [-0.2, -0.15) is 0 Å². The fraction of sp³-hybridized carbons (Fsp3) is 0.222. The molecule has 1 aliphatic rings. The van der Waals surface area contributed by atoms with Gasteiger partial charge < -0.3 is 5.11 Å². The number of fused-ring (bicyclic) bond motifs is 1. The van der Waals surface area contributed by atoms with Crippen molar-refractivity contribution in [1.29, 1.82) is 0 Å². The lowest BCUT2D eigenvalue weighted by Gasteiger charge is -2.14. The Morgan fingerprint density at radius 3 is 3.00 bits per heavy atom. The average molecular weight is 226 g/mol. The maximum Gasteiger partial charge on any atom is 0.123 e. The summed E-state index contributed by atoms with van der Waals surface area (Å²) < 4.78 is 0.755. The summed E-state index contributed by atoms with van der Waals surface area (Å²) in [6, 6.07) is 3.80. The number of aliphatic hydroxyl groups is 1. The lowest BCUT2D eigenvalue weighted by Crippen LogP contribution is -2.17. The van der Waals surface area contributed by atoms with E-state index in [1.165, 1.54) is 0 Å². The van der Waals surface area contributed by atoms with Crippen molar-refractivity contribution in [3.8, 4) is 0 Å². The van der Waals surface area contributed by atoms with Gasteiger partial charge in [0.1, 0.15) is 10.2 Å². The molecule has 3 heteroatoms. The normalized spacial score (nSPS) is 25.9. The van der Waals surface area contributed by atoms with Crippen LogP contribution in [0, 0.1) is 0 Å². The minimum atomic E-state index is -0.904. The first-order valence-electron chi connectivity index (χ1n) is 3.68. The lowest BCUT2D eigenvalue weighted by molar-refractivity contribution is 0.110. The summed E-state index contributed by atoms with van der Waals surface area (Å²) in [7, 11) is 0. The summed E-state index contributed by atoms with van der Waals surface area (Å²) in [4.78, 5) is 4.21. The van der Waals surface area contributed by atoms with E-state index in [4.69, 9.17) is 0 Å². The van der Waals surface area contributed by atoms with Crippen LogP contribution in [-0.2, 0) is 5.60 Å². The standard InChI is InChI=1S/C9H8BrNO/c1-9(12)5-4-6-2-3-7(10)11-8(6)9/h2-5,12H,1H3. The van der Waals surface area contributed by atoms with Crippen molar-refractivity contribution in [2.24, 2.45) is 0 Å². The molecule has 1 aliphatic carbocycles. The Hall–Kier alpha value is -0.670. The van der Waals surface area contributed by atoms with E-state index in [9.17, 15) is 5.11 Å². The van der Waals surface area contributed by atoms with Crippen LogP contribution in [0.15, 0.2) is 22.8 Å². The van der Waals surface area contributed by atoms with Gasteiger partial charge in [-0.15, -0.1) is 0 Å². The van der Waals surface area contributed by atoms with Crippen LogP contribution in [0.1, 0.15) is 18.2 Å². The van der Waals surface area contributed by atoms with Crippen LogP contribution in [0.25, 0.3) is 6.08 Å². The van der Waals surface area contributed by atoms with Crippen molar-refractivity contribution in [3.63, 3.8) is 0 Å². The molecule has 12 heavy (non-hydrogen) atoms. The molecule has 1 aromatic rings. The highest BCUT2D eigenvalue weighted by Gasteiger charge is 2.28. The summed E-state index contributed by atoms with van der Waals surface area (Å²) in [5.41, 5.74) is 0.805. The highest BCUT2D eigenvalue weighted by atomic mass is 79.9.